The third-order valence-electron chi connectivity index (χ3n) is 7.69. The van der Waals surface area contributed by atoms with Gasteiger partial charge in [0.1, 0.15) is 12.2 Å². The zero-order valence-corrected chi connectivity index (χ0v) is 20.4. The van der Waals surface area contributed by atoms with Crippen molar-refractivity contribution < 1.29 is 18.3 Å². The van der Waals surface area contributed by atoms with Gasteiger partial charge >= 0.3 is 0 Å². The van der Waals surface area contributed by atoms with Gasteiger partial charge in [0.2, 0.25) is 0 Å². The van der Waals surface area contributed by atoms with E-state index in [-0.39, 0.29) is 17.7 Å². The maximum absolute atomic E-state index is 13.5. The Bertz CT molecular complexity index is 1330. The molecule has 6 rings (SSSR count). The van der Waals surface area contributed by atoms with E-state index in [4.69, 9.17) is 4.74 Å². The van der Waals surface area contributed by atoms with Crippen molar-refractivity contribution in [3.05, 3.63) is 76.4 Å². The summed E-state index contributed by atoms with van der Waals surface area (Å²) in [6.07, 6.45) is 2.36. The van der Waals surface area contributed by atoms with E-state index in [1.165, 1.54) is 0 Å². The van der Waals surface area contributed by atoms with E-state index in [1.807, 2.05) is 48.9 Å². The smallest absolute Gasteiger partial charge is 0.258 e. The number of rotatable bonds is 8. The van der Waals surface area contributed by atoms with Crippen LogP contribution >= 0.6 is 0 Å². The summed E-state index contributed by atoms with van der Waals surface area (Å²) < 4.78 is 33.9. The third-order valence-corrected chi connectivity index (χ3v) is 7.69. The zero-order chi connectivity index (χ0) is 25.1. The van der Waals surface area contributed by atoms with Crippen LogP contribution in [-0.4, -0.2) is 46.4 Å². The molecule has 0 bridgehead atoms. The van der Waals surface area contributed by atoms with Crippen molar-refractivity contribution in [2.45, 2.75) is 44.2 Å². The van der Waals surface area contributed by atoms with Crippen molar-refractivity contribution in [3.63, 3.8) is 0 Å². The van der Waals surface area contributed by atoms with Crippen LogP contribution in [0.2, 0.25) is 0 Å². The zero-order valence-electron chi connectivity index (χ0n) is 20.4. The Kier molecular flexibility index (Phi) is 5.46. The Hall–Kier alpha value is -3.17. The molecule has 2 fully saturated rings. The lowest BCUT2D eigenvalue weighted by molar-refractivity contribution is -0.0611. The number of hydrogen-bond acceptors (Lipinski definition) is 5. The molecule has 36 heavy (non-hydrogen) atoms. The molecule has 0 radical (unpaired) electrons. The Morgan fingerprint density at radius 2 is 2.00 bits per heavy atom. The van der Waals surface area contributed by atoms with Gasteiger partial charge in [-0.2, -0.15) is 0 Å². The normalized spacial score (nSPS) is 21.4. The molecule has 1 aromatic heterocycles. The van der Waals surface area contributed by atoms with E-state index < -0.39 is 11.8 Å². The summed E-state index contributed by atoms with van der Waals surface area (Å²) in [5.41, 5.74) is 5.41. The van der Waals surface area contributed by atoms with E-state index in [2.05, 4.69) is 21.6 Å². The Morgan fingerprint density at radius 1 is 1.19 bits per heavy atom. The molecule has 1 unspecified atom stereocenters. The first-order chi connectivity index (χ1) is 17.2. The fourth-order valence-electron chi connectivity index (χ4n) is 5.31. The number of amides is 1. The van der Waals surface area contributed by atoms with Gasteiger partial charge < -0.3 is 19.5 Å². The van der Waals surface area contributed by atoms with E-state index >= 15 is 0 Å². The molecule has 9 heteroatoms. The van der Waals surface area contributed by atoms with E-state index in [1.54, 1.807) is 11.2 Å². The number of hydrogen-bond donors (Lipinski definition) is 1. The fraction of sp³-hybridized carbons (Fsp3) is 0.444. The highest BCUT2D eigenvalue weighted by molar-refractivity contribution is 6.10. The van der Waals surface area contributed by atoms with Crippen LogP contribution in [0.4, 0.5) is 14.5 Å². The number of alkyl halides is 2. The molecule has 7 nitrogen and oxygen atoms in total. The van der Waals surface area contributed by atoms with Crippen LogP contribution in [0.25, 0.3) is 0 Å². The molecule has 1 amide bonds. The number of carbonyl (C=O) groups is 1. The molecule has 3 aliphatic rings. The summed E-state index contributed by atoms with van der Waals surface area (Å²) in [6, 6.07) is 12.2. The number of carbonyl (C=O) groups excluding carboxylic acids is 1. The van der Waals surface area contributed by atoms with E-state index in [0.29, 0.717) is 44.8 Å². The monoisotopic (exact) mass is 493 g/mol. The van der Waals surface area contributed by atoms with Gasteiger partial charge in [-0.15, -0.1) is 10.2 Å². The molecule has 3 aromatic rings. The van der Waals surface area contributed by atoms with E-state index in [9.17, 15) is 13.6 Å². The van der Waals surface area contributed by atoms with Crippen molar-refractivity contribution in [2.75, 3.05) is 24.7 Å². The highest BCUT2D eigenvalue weighted by atomic mass is 19.3. The third kappa shape index (κ3) is 4.10. The molecule has 2 aromatic carbocycles. The van der Waals surface area contributed by atoms with Gasteiger partial charge in [-0.3, -0.25) is 4.79 Å². The van der Waals surface area contributed by atoms with Crippen LogP contribution in [0.15, 0.2) is 42.7 Å². The molecular weight excluding hydrogens is 464 g/mol. The van der Waals surface area contributed by atoms with Crippen LogP contribution in [0, 0.1) is 12.8 Å². The van der Waals surface area contributed by atoms with E-state index in [0.717, 1.165) is 33.8 Å². The molecule has 3 heterocycles. The lowest BCUT2D eigenvalue weighted by Gasteiger charge is -2.41. The van der Waals surface area contributed by atoms with Gasteiger partial charge in [-0.25, -0.2) is 8.78 Å². The van der Waals surface area contributed by atoms with Gasteiger partial charge in [0.15, 0.2) is 0 Å². The van der Waals surface area contributed by atoms with Crippen LogP contribution in [0.3, 0.4) is 0 Å². The predicted octanol–water partition coefficient (Wildman–Crippen LogP) is 3.54. The van der Waals surface area contributed by atoms with Crippen LogP contribution in [0.5, 0.6) is 0 Å². The van der Waals surface area contributed by atoms with Crippen LogP contribution < -0.4 is 10.2 Å². The minimum Gasteiger partial charge on any atom is -0.379 e. The first-order valence-corrected chi connectivity index (χ1v) is 12.3. The number of ether oxygens (including phenoxy) is 1. The van der Waals surface area contributed by atoms with Gasteiger partial charge in [0, 0.05) is 55.6 Å². The molecule has 2 aliphatic heterocycles. The summed E-state index contributed by atoms with van der Waals surface area (Å²) in [4.78, 5) is 15.3. The summed E-state index contributed by atoms with van der Waals surface area (Å²) in [5.74, 6) is -2.22. The Labute approximate surface area is 208 Å². The highest BCUT2D eigenvalue weighted by Gasteiger charge is 2.56. The second-order valence-corrected chi connectivity index (χ2v) is 10.5. The summed E-state index contributed by atoms with van der Waals surface area (Å²) in [7, 11) is 1.93. The van der Waals surface area contributed by atoms with Gasteiger partial charge in [-0.05, 0) is 47.4 Å². The molecule has 1 N–H and O–H groups in total. The summed E-state index contributed by atoms with van der Waals surface area (Å²) in [6.45, 7) is 4.44. The number of nitrogens with one attached hydrogen (secondary N) is 1. The average molecular weight is 494 g/mol. The summed E-state index contributed by atoms with van der Waals surface area (Å²) >= 11 is 0. The minimum atomic E-state index is -2.52. The maximum atomic E-state index is 13.5. The Morgan fingerprint density at radius 3 is 2.67 bits per heavy atom. The lowest BCUT2D eigenvalue weighted by Crippen LogP contribution is -2.49. The van der Waals surface area contributed by atoms with Gasteiger partial charge in [0.05, 0.1) is 19.8 Å². The quantitative estimate of drug-likeness (QED) is 0.520. The number of benzene rings is 2. The van der Waals surface area contributed by atoms with Crippen molar-refractivity contribution in [3.8, 4) is 0 Å². The molecule has 1 saturated heterocycles. The first kappa shape index (κ1) is 23.2. The lowest BCUT2D eigenvalue weighted by atomic mass is 9.75. The van der Waals surface area contributed by atoms with Crippen LogP contribution in [0.1, 0.15) is 44.9 Å². The topological polar surface area (TPSA) is 72.3 Å². The summed E-state index contributed by atoms with van der Waals surface area (Å²) in [5, 5.41) is 11.4. The standard InChI is InChI=1S/C27H29F2N5O2/c1-17-5-18(11-30-12-21-9-27(21,28)29)7-22(6-17)34-13-19-3-4-20(8-23(19)25(34)35)26(14-36-15-26)10-24-32-31-16-33(24)2/h3-8,16,21,30H,9-15H2,1-2H3. The first-order valence-electron chi connectivity index (χ1n) is 12.3. The second kappa shape index (κ2) is 8.45. The fourth-order valence-corrected chi connectivity index (χ4v) is 5.31. The molecular formula is C27H29F2N5O2. The number of nitrogens with zero attached hydrogens (tertiary/aromatic N) is 4. The predicted molar refractivity (Wildman–Crippen MR) is 130 cm³/mol. The molecule has 0 spiro atoms. The van der Waals surface area contributed by atoms with Crippen molar-refractivity contribution in [1.82, 2.24) is 20.1 Å². The van der Waals surface area contributed by atoms with Crippen molar-refractivity contribution in [1.29, 1.82) is 0 Å². The number of halogens is 2. The molecule has 1 saturated carbocycles. The Balaban J connectivity index is 1.20. The second-order valence-electron chi connectivity index (χ2n) is 10.5. The average Bonchev–Trinajstić information content (AvgIpc) is 3.09. The number of aryl methyl sites for hydroxylation is 2. The van der Waals surface area contributed by atoms with Gasteiger partial charge in [-0.1, -0.05) is 18.2 Å². The van der Waals surface area contributed by atoms with Crippen molar-refractivity contribution in [2.24, 2.45) is 13.0 Å². The SMILES string of the molecule is Cc1cc(CNCC2CC2(F)F)cc(N2Cc3ccc(C4(Cc5nncn5C)COC4)cc3C2=O)c1. The highest BCUT2D eigenvalue weighted by Crippen LogP contribution is 2.48. The van der Waals surface area contributed by atoms with Crippen molar-refractivity contribution >= 4 is 11.6 Å². The number of aromatic nitrogens is 3. The number of fused-ring (bicyclic) bond motifs is 1. The number of anilines is 1. The largest absolute Gasteiger partial charge is 0.379 e. The van der Waals surface area contributed by atoms with Crippen LogP contribution in [-0.2, 0) is 36.7 Å². The maximum Gasteiger partial charge on any atom is 0.258 e. The molecule has 1 atom stereocenters. The molecule has 188 valence electrons. The molecule has 1 aliphatic carbocycles. The minimum absolute atomic E-state index is 0.0250. The van der Waals surface area contributed by atoms with Gasteiger partial charge in [0.25, 0.3) is 11.8 Å².